The van der Waals surface area contributed by atoms with Gasteiger partial charge in [-0.05, 0) is 46.5 Å². The molecule has 3 heterocycles. The van der Waals surface area contributed by atoms with Crippen LogP contribution in [0.2, 0.25) is 0 Å². The largest absolute Gasteiger partial charge is 0.456 e. The molecule has 5 nitrogen and oxygen atoms in total. The molecule has 0 amide bonds. The smallest absolute Gasteiger partial charge is 0.164 e. The van der Waals surface area contributed by atoms with Gasteiger partial charge >= 0.3 is 0 Å². The SMILES string of the molecule is c1ccc(-c2ccc(-c3nc(-c4ccccc4)nc(-c4ccc(-c5ccc6c(c5)nc(-c5ccccc5)c5ccc7oc8ccccc8c7c56)cc4)n3)cc2)cc1. The van der Waals surface area contributed by atoms with Crippen molar-refractivity contribution in [1.29, 1.82) is 0 Å². The number of pyridine rings is 1. The molecule has 266 valence electrons. The average Bonchev–Trinajstić information content (AvgIpc) is 3.68. The number of fused-ring (bicyclic) bond motifs is 7. The van der Waals surface area contributed by atoms with E-state index in [1.807, 2.05) is 54.6 Å². The molecule has 0 unspecified atom stereocenters. The minimum absolute atomic E-state index is 0.619. The Bertz CT molecular complexity index is 3250. The van der Waals surface area contributed by atoms with Gasteiger partial charge in [0.1, 0.15) is 11.2 Å². The number of hydrogen-bond acceptors (Lipinski definition) is 5. The lowest BCUT2D eigenvalue weighted by atomic mass is 9.94. The van der Waals surface area contributed by atoms with Gasteiger partial charge in [0.15, 0.2) is 17.5 Å². The molecule has 5 heteroatoms. The van der Waals surface area contributed by atoms with Crippen LogP contribution >= 0.6 is 0 Å². The van der Waals surface area contributed by atoms with E-state index in [1.54, 1.807) is 0 Å². The van der Waals surface area contributed by atoms with Crippen LogP contribution in [0.4, 0.5) is 0 Å². The summed E-state index contributed by atoms with van der Waals surface area (Å²) in [5.41, 5.74) is 11.9. The Morgan fingerprint density at radius 2 is 0.737 bits per heavy atom. The van der Waals surface area contributed by atoms with Gasteiger partial charge in [0.2, 0.25) is 0 Å². The first-order chi connectivity index (χ1) is 28.2. The number of benzene rings is 8. The summed E-state index contributed by atoms with van der Waals surface area (Å²) in [6.07, 6.45) is 0. The predicted octanol–water partition coefficient (Wildman–Crippen LogP) is 13.5. The maximum Gasteiger partial charge on any atom is 0.164 e. The molecule has 0 saturated carbocycles. The van der Waals surface area contributed by atoms with Gasteiger partial charge in [-0.25, -0.2) is 19.9 Å². The molecule has 0 fully saturated rings. The lowest BCUT2D eigenvalue weighted by Gasteiger charge is -2.13. The molecule has 0 saturated heterocycles. The van der Waals surface area contributed by atoms with E-state index in [1.165, 1.54) is 5.56 Å². The van der Waals surface area contributed by atoms with E-state index in [9.17, 15) is 0 Å². The van der Waals surface area contributed by atoms with Crippen molar-refractivity contribution in [2.75, 3.05) is 0 Å². The monoisotopic (exact) mass is 728 g/mol. The van der Waals surface area contributed by atoms with Crippen molar-refractivity contribution in [3.63, 3.8) is 0 Å². The summed E-state index contributed by atoms with van der Waals surface area (Å²) in [5, 5.41) is 5.56. The minimum atomic E-state index is 0.619. The Balaban J connectivity index is 1.01. The summed E-state index contributed by atoms with van der Waals surface area (Å²) in [6.45, 7) is 0. The number of aromatic nitrogens is 4. The standard InChI is InChI=1S/C52H32N4O/c1-4-12-33(13-5-1)34-20-24-38(25-21-34)51-54-50(37-16-8-3-9-17-37)55-52(56-51)39-26-22-35(23-27-39)40-28-29-41-44(32-40)53-49(36-14-6-2-7-15-36)43-30-31-46-48(47(41)43)42-18-10-11-19-45(42)57-46/h1-32H. The molecule has 0 bridgehead atoms. The molecule has 8 aromatic carbocycles. The van der Waals surface area contributed by atoms with Crippen LogP contribution in [0.25, 0.3) is 111 Å². The Morgan fingerprint density at radius 3 is 1.37 bits per heavy atom. The van der Waals surface area contributed by atoms with Gasteiger partial charge in [-0.3, -0.25) is 0 Å². The molecule has 0 aliphatic carbocycles. The summed E-state index contributed by atoms with van der Waals surface area (Å²) in [4.78, 5) is 20.3. The third-order valence-corrected chi connectivity index (χ3v) is 10.7. The van der Waals surface area contributed by atoms with Gasteiger partial charge in [-0.1, -0.05) is 170 Å². The molecule has 0 radical (unpaired) electrons. The van der Waals surface area contributed by atoms with Crippen LogP contribution in [0, 0.1) is 0 Å². The maximum atomic E-state index is 6.35. The summed E-state index contributed by atoms with van der Waals surface area (Å²) in [7, 11) is 0. The fraction of sp³-hybridized carbons (Fsp3) is 0. The molecule has 0 aliphatic rings. The molecular weight excluding hydrogens is 697 g/mol. The Labute approximate surface area is 328 Å². The number of rotatable bonds is 6. The number of hydrogen-bond donors (Lipinski definition) is 0. The summed E-state index contributed by atoms with van der Waals surface area (Å²) in [5.74, 6) is 1.88. The average molecular weight is 729 g/mol. The zero-order chi connectivity index (χ0) is 37.7. The first kappa shape index (κ1) is 32.7. The molecule has 0 spiro atoms. The van der Waals surface area contributed by atoms with Crippen molar-refractivity contribution in [1.82, 2.24) is 19.9 Å². The van der Waals surface area contributed by atoms with Crippen molar-refractivity contribution in [3.8, 4) is 67.7 Å². The molecule has 57 heavy (non-hydrogen) atoms. The highest BCUT2D eigenvalue weighted by Gasteiger charge is 2.18. The molecule has 0 N–H and O–H groups in total. The van der Waals surface area contributed by atoms with Gasteiger partial charge in [0.05, 0.1) is 11.2 Å². The van der Waals surface area contributed by atoms with E-state index in [0.29, 0.717) is 17.5 Å². The lowest BCUT2D eigenvalue weighted by molar-refractivity contribution is 0.669. The van der Waals surface area contributed by atoms with E-state index in [0.717, 1.165) is 88.3 Å². The quantitative estimate of drug-likeness (QED) is 0.160. The highest BCUT2D eigenvalue weighted by molar-refractivity contribution is 6.28. The fourth-order valence-corrected chi connectivity index (χ4v) is 7.91. The van der Waals surface area contributed by atoms with Crippen molar-refractivity contribution >= 4 is 43.6 Å². The van der Waals surface area contributed by atoms with E-state index < -0.39 is 0 Å². The van der Waals surface area contributed by atoms with Crippen LogP contribution in [0.3, 0.4) is 0 Å². The third-order valence-electron chi connectivity index (χ3n) is 10.7. The van der Waals surface area contributed by atoms with Crippen LogP contribution in [-0.4, -0.2) is 19.9 Å². The summed E-state index contributed by atoms with van der Waals surface area (Å²) >= 11 is 0. The Hall–Kier alpha value is -7.76. The molecular formula is C52H32N4O. The second-order valence-electron chi connectivity index (χ2n) is 14.2. The van der Waals surface area contributed by atoms with Crippen LogP contribution in [0.5, 0.6) is 0 Å². The van der Waals surface area contributed by atoms with Gasteiger partial charge in [-0.2, -0.15) is 0 Å². The number of para-hydroxylation sites is 1. The minimum Gasteiger partial charge on any atom is -0.456 e. The summed E-state index contributed by atoms with van der Waals surface area (Å²) in [6, 6.07) is 66.8. The Morgan fingerprint density at radius 1 is 0.281 bits per heavy atom. The third kappa shape index (κ3) is 5.81. The fourth-order valence-electron chi connectivity index (χ4n) is 7.91. The molecule has 0 atom stereocenters. The van der Waals surface area contributed by atoms with E-state index in [2.05, 4.69) is 140 Å². The number of furan rings is 1. The summed E-state index contributed by atoms with van der Waals surface area (Å²) < 4.78 is 6.35. The van der Waals surface area contributed by atoms with E-state index in [4.69, 9.17) is 24.4 Å². The molecule has 11 rings (SSSR count). The first-order valence-corrected chi connectivity index (χ1v) is 19.0. The molecule has 11 aromatic rings. The van der Waals surface area contributed by atoms with E-state index >= 15 is 0 Å². The topological polar surface area (TPSA) is 64.7 Å². The lowest BCUT2D eigenvalue weighted by Crippen LogP contribution is -2.00. The van der Waals surface area contributed by atoms with Gasteiger partial charge in [0.25, 0.3) is 0 Å². The maximum absolute atomic E-state index is 6.35. The normalized spacial score (nSPS) is 11.5. The highest BCUT2D eigenvalue weighted by atomic mass is 16.3. The van der Waals surface area contributed by atoms with Crippen LogP contribution < -0.4 is 0 Å². The second-order valence-corrected chi connectivity index (χ2v) is 14.2. The van der Waals surface area contributed by atoms with Crippen molar-refractivity contribution in [3.05, 3.63) is 194 Å². The highest BCUT2D eigenvalue weighted by Crippen LogP contribution is 2.42. The van der Waals surface area contributed by atoms with E-state index in [-0.39, 0.29) is 0 Å². The first-order valence-electron chi connectivity index (χ1n) is 19.0. The number of nitrogens with zero attached hydrogens (tertiary/aromatic N) is 4. The van der Waals surface area contributed by atoms with Gasteiger partial charge < -0.3 is 4.42 Å². The van der Waals surface area contributed by atoms with Gasteiger partial charge in [0, 0.05) is 49.2 Å². The molecule has 0 aliphatic heterocycles. The van der Waals surface area contributed by atoms with Crippen LogP contribution in [-0.2, 0) is 0 Å². The zero-order valence-corrected chi connectivity index (χ0v) is 30.7. The van der Waals surface area contributed by atoms with Gasteiger partial charge in [-0.15, -0.1) is 0 Å². The zero-order valence-electron chi connectivity index (χ0n) is 30.7. The van der Waals surface area contributed by atoms with Crippen molar-refractivity contribution < 1.29 is 4.42 Å². The van der Waals surface area contributed by atoms with Crippen molar-refractivity contribution in [2.45, 2.75) is 0 Å². The second kappa shape index (κ2) is 13.5. The van der Waals surface area contributed by atoms with Crippen LogP contribution in [0.1, 0.15) is 0 Å². The Kier molecular flexibility index (Phi) is 7.74. The molecule has 3 aromatic heterocycles. The van der Waals surface area contributed by atoms with Crippen LogP contribution in [0.15, 0.2) is 199 Å². The predicted molar refractivity (Wildman–Crippen MR) is 233 cm³/mol. The van der Waals surface area contributed by atoms with Crippen molar-refractivity contribution in [2.24, 2.45) is 0 Å².